The van der Waals surface area contributed by atoms with Crippen molar-refractivity contribution in [2.75, 3.05) is 12.3 Å². The highest BCUT2D eigenvalue weighted by molar-refractivity contribution is 5.94. The van der Waals surface area contributed by atoms with Gasteiger partial charge in [-0.1, -0.05) is 18.2 Å². The van der Waals surface area contributed by atoms with Gasteiger partial charge in [0.1, 0.15) is 18.1 Å². The van der Waals surface area contributed by atoms with Gasteiger partial charge in [-0.2, -0.15) is 0 Å². The van der Waals surface area contributed by atoms with Gasteiger partial charge >= 0.3 is 0 Å². The van der Waals surface area contributed by atoms with Gasteiger partial charge in [0.25, 0.3) is 5.91 Å². The molecule has 1 aromatic carbocycles. The number of ether oxygens (including phenoxy) is 1. The van der Waals surface area contributed by atoms with Gasteiger partial charge in [0.15, 0.2) is 0 Å². The van der Waals surface area contributed by atoms with Crippen LogP contribution in [0.15, 0.2) is 36.5 Å². The van der Waals surface area contributed by atoms with E-state index in [2.05, 4.69) is 5.32 Å². The summed E-state index contributed by atoms with van der Waals surface area (Å²) in [6.07, 6.45) is 1.72. The molecule has 1 aliphatic rings. The SMILES string of the molecule is Cn1cc(N)cc1C(=O)NC1COc2ccccc21. The molecule has 2 aromatic rings. The number of anilines is 1. The van der Waals surface area contributed by atoms with Crippen LogP contribution in [0.25, 0.3) is 0 Å². The number of hydrogen-bond donors (Lipinski definition) is 2. The van der Waals surface area contributed by atoms with Crippen LogP contribution in [-0.4, -0.2) is 17.1 Å². The summed E-state index contributed by atoms with van der Waals surface area (Å²) in [6.45, 7) is 0.463. The topological polar surface area (TPSA) is 69.3 Å². The summed E-state index contributed by atoms with van der Waals surface area (Å²) >= 11 is 0. The Morgan fingerprint density at radius 1 is 1.47 bits per heavy atom. The lowest BCUT2D eigenvalue weighted by atomic mass is 10.1. The summed E-state index contributed by atoms with van der Waals surface area (Å²) < 4.78 is 7.25. The number of hydrogen-bond acceptors (Lipinski definition) is 3. The second-order valence-corrected chi connectivity index (χ2v) is 4.64. The minimum Gasteiger partial charge on any atom is -0.491 e. The fraction of sp³-hybridized carbons (Fsp3) is 0.214. The van der Waals surface area contributed by atoms with Crippen LogP contribution in [0.4, 0.5) is 5.69 Å². The van der Waals surface area contributed by atoms with Gasteiger partial charge in [-0.3, -0.25) is 4.79 Å². The number of aromatic nitrogens is 1. The Hall–Kier alpha value is -2.43. The van der Waals surface area contributed by atoms with Crippen LogP contribution in [0.3, 0.4) is 0 Å². The monoisotopic (exact) mass is 257 g/mol. The molecule has 19 heavy (non-hydrogen) atoms. The zero-order valence-corrected chi connectivity index (χ0v) is 10.6. The first-order valence-electron chi connectivity index (χ1n) is 6.09. The summed E-state index contributed by atoms with van der Waals surface area (Å²) in [6, 6.07) is 9.28. The summed E-state index contributed by atoms with van der Waals surface area (Å²) in [5.74, 6) is 0.684. The zero-order valence-electron chi connectivity index (χ0n) is 10.6. The summed E-state index contributed by atoms with van der Waals surface area (Å²) in [7, 11) is 1.80. The second-order valence-electron chi connectivity index (χ2n) is 4.64. The number of benzene rings is 1. The third-order valence-electron chi connectivity index (χ3n) is 3.26. The number of nitrogens with two attached hydrogens (primary N) is 1. The van der Waals surface area contributed by atoms with E-state index in [9.17, 15) is 4.79 Å². The number of para-hydroxylation sites is 1. The van der Waals surface area contributed by atoms with Crippen LogP contribution in [-0.2, 0) is 7.05 Å². The van der Waals surface area contributed by atoms with Crippen LogP contribution < -0.4 is 15.8 Å². The second kappa shape index (κ2) is 4.35. The zero-order chi connectivity index (χ0) is 13.4. The number of amides is 1. The molecule has 1 aromatic heterocycles. The lowest BCUT2D eigenvalue weighted by Gasteiger charge is -2.12. The first-order valence-corrected chi connectivity index (χ1v) is 6.09. The average Bonchev–Trinajstić information content (AvgIpc) is 2.94. The van der Waals surface area contributed by atoms with Gasteiger partial charge in [0.05, 0.1) is 11.7 Å². The van der Waals surface area contributed by atoms with Crippen LogP contribution in [0.1, 0.15) is 22.1 Å². The van der Waals surface area contributed by atoms with Crippen LogP contribution in [0.5, 0.6) is 5.75 Å². The third kappa shape index (κ3) is 2.03. The quantitative estimate of drug-likeness (QED) is 0.856. The van der Waals surface area contributed by atoms with Crippen LogP contribution in [0, 0.1) is 0 Å². The predicted octanol–water partition coefficient (Wildman–Crippen LogP) is 1.47. The number of nitrogens with zero attached hydrogens (tertiary/aromatic N) is 1. The number of carbonyl (C=O) groups excluding carboxylic acids is 1. The van der Waals surface area contributed by atoms with E-state index in [-0.39, 0.29) is 11.9 Å². The molecule has 98 valence electrons. The van der Waals surface area contributed by atoms with E-state index in [0.717, 1.165) is 11.3 Å². The van der Waals surface area contributed by atoms with E-state index in [4.69, 9.17) is 10.5 Å². The standard InChI is InChI=1S/C14H15N3O2/c1-17-7-9(15)6-12(17)14(18)16-11-8-19-13-5-3-2-4-10(11)13/h2-7,11H,8,15H2,1H3,(H,16,18). The van der Waals surface area contributed by atoms with Gasteiger partial charge in [0, 0.05) is 18.8 Å². The number of aryl methyl sites for hydroxylation is 1. The molecule has 1 atom stereocenters. The fourth-order valence-electron chi connectivity index (χ4n) is 2.33. The third-order valence-corrected chi connectivity index (χ3v) is 3.26. The molecule has 2 heterocycles. The number of carbonyl (C=O) groups is 1. The molecule has 5 nitrogen and oxygen atoms in total. The van der Waals surface area contributed by atoms with Gasteiger partial charge < -0.3 is 20.4 Å². The number of nitrogen functional groups attached to an aromatic ring is 1. The molecule has 0 spiro atoms. The smallest absolute Gasteiger partial charge is 0.268 e. The van der Waals surface area contributed by atoms with Crippen molar-refractivity contribution < 1.29 is 9.53 Å². The van der Waals surface area contributed by atoms with Crippen molar-refractivity contribution in [1.29, 1.82) is 0 Å². The Morgan fingerprint density at radius 2 is 2.26 bits per heavy atom. The number of rotatable bonds is 2. The normalized spacial score (nSPS) is 16.8. The van der Waals surface area contributed by atoms with E-state index in [0.29, 0.717) is 18.0 Å². The van der Waals surface area contributed by atoms with Crippen molar-refractivity contribution in [2.45, 2.75) is 6.04 Å². The van der Waals surface area contributed by atoms with Gasteiger partial charge in [-0.15, -0.1) is 0 Å². The van der Waals surface area contributed by atoms with Crippen molar-refractivity contribution in [1.82, 2.24) is 9.88 Å². The Labute approximate surface area is 111 Å². The van der Waals surface area contributed by atoms with Gasteiger partial charge in [-0.05, 0) is 12.1 Å². The molecule has 0 saturated heterocycles. The lowest BCUT2D eigenvalue weighted by Crippen LogP contribution is -2.30. The summed E-state index contributed by atoms with van der Waals surface area (Å²) in [5.41, 5.74) is 7.81. The molecule has 3 N–H and O–H groups in total. The van der Waals surface area contributed by atoms with E-state index >= 15 is 0 Å². The minimum atomic E-state index is -0.149. The van der Waals surface area contributed by atoms with E-state index in [1.165, 1.54) is 0 Å². The average molecular weight is 257 g/mol. The molecular formula is C14H15N3O2. The molecule has 0 fully saturated rings. The minimum absolute atomic E-state index is 0.111. The molecular weight excluding hydrogens is 242 g/mol. The van der Waals surface area contributed by atoms with Crippen molar-refractivity contribution in [3.05, 3.63) is 47.8 Å². The lowest BCUT2D eigenvalue weighted by molar-refractivity contribution is 0.0922. The fourth-order valence-corrected chi connectivity index (χ4v) is 2.33. The van der Waals surface area contributed by atoms with Gasteiger partial charge in [-0.25, -0.2) is 0 Å². The summed E-state index contributed by atoms with van der Waals surface area (Å²) in [4.78, 5) is 12.2. The molecule has 5 heteroatoms. The Bertz CT molecular complexity index is 633. The Morgan fingerprint density at radius 3 is 3.00 bits per heavy atom. The van der Waals surface area contributed by atoms with Crippen LogP contribution >= 0.6 is 0 Å². The maximum absolute atomic E-state index is 12.2. The summed E-state index contributed by atoms with van der Waals surface area (Å²) in [5, 5.41) is 2.97. The van der Waals surface area contributed by atoms with Crippen LogP contribution in [0.2, 0.25) is 0 Å². The number of nitrogens with one attached hydrogen (secondary N) is 1. The highest BCUT2D eigenvalue weighted by Gasteiger charge is 2.26. The molecule has 3 rings (SSSR count). The molecule has 1 unspecified atom stereocenters. The van der Waals surface area contributed by atoms with E-state index < -0.39 is 0 Å². The largest absolute Gasteiger partial charge is 0.491 e. The first-order chi connectivity index (χ1) is 9.15. The van der Waals surface area contributed by atoms with E-state index in [1.807, 2.05) is 24.3 Å². The molecule has 0 radical (unpaired) electrons. The molecule has 1 aliphatic heterocycles. The van der Waals surface area contributed by atoms with E-state index in [1.54, 1.807) is 23.9 Å². The first kappa shape index (κ1) is 11.6. The molecule has 0 aliphatic carbocycles. The molecule has 0 saturated carbocycles. The maximum atomic E-state index is 12.2. The van der Waals surface area contributed by atoms with Gasteiger partial charge in [0.2, 0.25) is 0 Å². The Kier molecular flexibility index (Phi) is 2.67. The molecule has 0 bridgehead atoms. The highest BCUT2D eigenvalue weighted by atomic mass is 16.5. The Balaban J connectivity index is 1.80. The van der Waals surface area contributed by atoms with Crippen molar-refractivity contribution in [2.24, 2.45) is 7.05 Å². The maximum Gasteiger partial charge on any atom is 0.268 e. The predicted molar refractivity (Wildman–Crippen MR) is 72.0 cm³/mol. The highest BCUT2D eigenvalue weighted by Crippen LogP contribution is 2.31. The number of fused-ring (bicyclic) bond motifs is 1. The van der Waals surface area contributed by atoms with Crippen molar-refractivity contribution in [3.63, 3.8) is 0 Å². The van der Waals surface area contributed by atoms with Crippen molar-refractivity contribution >= 4 is 11.6 Å². The van der Waals surface area contributed by atoms with Crippen molar-refractivity contribution in [3.8, 4) is 5.75 Å². The molecule has 1 amide bonds.